The highest BCUT2D eigenvalue weighted by Gasteiger charge is 2.09. The summed E-state index contributed by atoms with van der Waals surface area (Å²) in [5.41, 5.74) is 9.56. The minimum Gasteiger partial charge on any atom is -0.494 e. The molecule has 1 aromatic carbocycles. The summed E-state index contributed by atoms with van der Waals surface area (Å²) >= 11 is 0. The van der Waals surface area contributed by atoms with Gasteiger partial charge in [-0.15, -0.1) is 0 Å². The second-order valence-corrected chi connectivity index (χ2v) is 3.94. The van der Waals surface area contributed by atoms with Crippen LogP contribution in [0.1, 0.15) is 37.8 Å². The van der Waals surface area contributed by atoms with Crippen LogP contribution < -0.4 is 4.74 Å². The van der Waals surface area contributed by atoms with E-state index in [0.29, 0.717) is 6.61 Å². The lowest BCUT2D eigenvalue weighted by Gasteiger charge is -2.12. The Bertz CT molecular complexity index is 386. The lowest BCUT2D eigenvalue weighted by atomic mass is 10.0. The molecule has 0 spiro atoms. The van der Waals surface area contributed by atoms with E-state index >= 15 is 0 Å². The summed E-state index contributed by atoms with van der Waals surface area (Å²) in [4.78, 5) is 2.88. The molecule has 0 radical (unpaired) electrons. The molecule has 1 N–H and O–H groups in total. The molecule has 0 aromatic heterocycles. The smallest absolute Gasteiger partial charge is 0.119 e. The van der Waals surface area contributed by atoms with Crippen molar-refractivity contribution in [3.63, 3.8) is 0 Å². The highest BCUT2D eigenvalue weighted by molar-refractivity contribution is 5.29. The highest BCUT2D eigenvalue weighted by Crippen LogP contribution is 2.25. The van der Waals surface area contributed by atoms with Crippen LogP contribution in [0.15, 0.2) is 29.4 Å². The SMILES string of the molecule is CCOc1ccc(C(CCCCO)N=[N+]=[N-])cc1. The van der Waals surface area contributed by atoms with Gasteiger partial charge in [-0.3, -0.25) is 0 Å². The summed E-state index contributed by atoms with van der Waals surface area (Å²) in [5, 5.41) is 12.6. The molecule has 0 saturated carbocycles. The van der Waals surface area contributed by atoms with Gasteiger partial charge in [0.2, 0.25) is 0 Å². The van der Waals surface area contributed by atoms with E-state index < -0.39 is 0 Å². The highest BCUT2D eigenvalue weighted by atomic mass is 16.5. The van der Waals surface area contributed by atoms with Crippen LogP contribution in [-0.4, -0.2) is 18.3 Å². The normalized spacial score (nSPS) is 11.7. The van der Waals surface area contributed by atoms with Gasteiger partial charge in [0, 0.05) is 11.5 Å². The number of azide groups is 1. The van der Waals surface area contributed by atoms with E-state index in [2.05, 4.69) is 10.0 Å². The number of benzene rings is 1. The molecule has 0 aliphatic carbocycles. The van der Waals surface area contributed by atoms with Crippen LogP contribution in [0.3, 0.4) is 0 Å². The van der Waals surface area contributed by atoms with Crippen LogP contribution in [-0.2, 0) is 0 Å². The standard InChI is InChI=1S/C13H19N3O2/c1-2-18-12-8-6-11(7-9-12)13(15-16-14)5-3-4-10-17/h6-9,13,17H,2-5,10H2,1H3. The second kappa shape index (κ2) is 8.39. The third-order valence-corrected chi connectivity index (χ3v) is 2.65. The van der Waals surface area contributed by atoms with Gasteiger partial charge in [-0.05, 0) is 43.0 Å². The molecule has 1 rings (SSSR count). The monoisotopic (exact) mass is 249 g/mol. The first-order chi connectivity index (χ1) is 8.81. The Morgan fingerprint density at radius 1 is 1.33 bits per heavy atom. The molecular formula is C13H19N3O2. The number of hydrogen-bond acceptors (Lipinski definition) is 3. The average molecular weight is 249 g/mol. The lowest BCUT2D eigenvalue weighted by Crippen LogP contribution is -1.97. The third kappa shape index (κ3) is 4.65. The maximum Gasteiger partial charge on any atom is 0.119 e. The largest absolute Gasteiger partial charge is 0.494 e. The fourth-order valence-corrected chi connectivity index (χ4v) is 1.76. The number of hydrogen-bond donors (Lipinski definition) is 1. The predicted octanol–water partition coefficient (Wildman–Crippen LogP) is 3.60. The Labute approximate surface area is 107 Å². The van der Waals surface area contributed by atoms with Gasteiger partial charge < -0.3 is 9.84 Å². The quantitative estimate of drug-likeness (QED) is 0.330. The molecule has 0 heterocycles. The molecule has 5 heteroatoms. The Kier molecular flexibility index (Phi) is 6.69. The maximum atomic E-state index is 8.76. The molecule has 98 valence electrons. The fraction of sp³-hybridized carbons (Fsp3) is 0.538. The Hall–Kier alpha value is -1.71. The first kappa shape index (κ1) is 14.4. The van der Waals surface area contributed by atoms with Crippen molar-refractivity contribution in [1.29, 1.82) is 0 Å². The van der Waals surface area contributed by atoms with E-state index in [0.717, 1.165) is 30.6 Å². The van der Waals surface area contributed by atoms with Crippen LogP contribution in [0, 0.1) is 0 Å². The molecule has 1 aromatic rings. The summed E-state index contributed by atoms with van der Waals surface area (Å²) < 4.78 is 5.36. The molecule has 0 aliphatic heterocycles. The number of ether oxygens (including phenoxy) is 1. The first-order valence-electron chi connectivity index (χ1n) is 6.19. The van der Waals surface area contributed by atoms with Crippen LogP contribution in [0.5, 0.6) is 5.75 Å². The average Bonchev–Trinajstić information content (AvgIpc) is 2.39. The van der Waals surface area contributed by atoms with Crippen molar-refractivity contribution in [3.8, 4) is 5.75 Å². The molecule has 0 aliphatic rings. The molecule has 1 atom stereocenters. The van der Waals surface area contributed by atoms with Crippen molar-refractivity contribution in [2.75, 3.05) is 13.2 Å². The Morgan fingerprint density at radius 3 is 2.61 bits per heavy atom. The van der Waals surface area contributed by atoms with Crippen LogP contribution in [0.25, 0.3) is 10.4 Å². The zero-order valence-electron chi connectivity index (χ0n) is 10.6. The van der Waals surface area contributed by atoms with Gasteiger partial charge in [0.25, 0.3) is 0 Å². The summed E-state index contributed by atoms with van der Waals surface area (Å²) in [6.07, 6.45) is 2.32. The van der Waals surface area contributed by atoms with E-state index in [1.807, 2.05) is 31.2 Å². The fourth-order valence-electron chi connectivity index (χ4n) is 1.76. The van der Waals surface area contributed by atoms with Crippen LogP contribution in [0.2, 0.25) is 0 Å². The number of aliphatic hydroxyl groups is 1. The molecule has 0 bridgehead atoms. The second-order valence-electron chi connectivity index (χ2n) is 3.94. The van der Waals surface area contributed by atoms with Gasteiger partial charge in [0.05, 0.1) is 12.6 Å². The molecule has 0 amide bonds. The molecule has 5 nitrogen and oxygen atoms in total. The van der Waals surface area contributed by atoms with Crippen molar-refractivity contribution < 1.29 is 9.84 Å². The van der Waals surface area contributed by atoms with Crippen LogP contribution in [0.4, 0.5) is 0 Å². The van der Waals surface area contributed by atoms with Gasteiger partial charge >= 0.3 is 0 Å². The number of aliphatic hydroxyl groups excluding tert-OH is 1. The van der Waals surface area contributed by atoms with Crippen molar-refractivity contribution in [2.45, 2.75) is 32.2 Å². The summed E-state index contributed by atoms with van der Waals surface area (Å²) in [7, 11) is 0. The molecule has 0 fully saturated rings. The van der Waals surface area contributed by atoms with E-state index in [1.165, 1.54) is 0 Å². The Morgan fingerprint density at radius 2 is 2.06 bits per heavy atom. The van der Waals surface area contributed by atoms with Crippen LogP contribution >= 0.6 is 0 Å². The van der Waals surface area contributed by atoms with E-state index in [4.69, 9.17) is 15.4 Å². The maximum absolute atomic E-state index is 8.76. The summed E-state index contributed by atoms with van der Waals surface area (Å²) in [5.74, 6) is 0.816. The minimum atomic E-state index is -0.169. The predicted molar refractivity (Wildman–Crippen MR) is 70.4 cm³/mol. The van der Waals surface area contributed by atoms with Gasteiger partial charge in [-0.2, -0.15) is 0 Å². The Balaban J connectivity index is 2.69. The van der Waals surface area contributed by atoms with E-state index in [9.17, 15) is 0 Å². The molecule has 18 heavy (non-hydrogen) atoms. The molecular weight excluding hydrogens is 230 g/mol. The van der Waals surface area contributed by atoms with Gasteiger partial charge in [0.15, 0.2) is 0 Å². The minimum absolute atomic E-state index is 0.169. The van der Waals surface area contributed by atoms with E-state index in [1.54, 1.807) is 0 Å². The van der Waals surface area contributed by atoms with Gasteiger partial charge in [0.1, 0.15) is 5.75 Å². The lowest BCUT2D eigenvalue weighted by molar-refractivity contribution is 0.281. The van der Waals surface area contributed by atoms with Gasteiger partial charge in [-0.25, -0.2) is 0 Å². The number of rotatable bonds is 8. The van der Waals surface area contributed by atoms with Gasteiger partial charge in [-0.1, -0.05) is 23.7 Å². The van der Waals surface area contributed by atoms with Crippen molar-refractivity contribution in [1.82, 2.24) is 0 Å². The number of nitrogens with zero attached hydrogens (tertiary/aromatic N) is 3. The van der Waals surface area contributed by atoms with Crippen molar-refractivity contribution >= 4 is 0 Å². The topological polar surface area (TPSA) is 78.2 Å². The van der Waals surface area contributed by atoms with Crippen molar-refractivity contribution in [3.05, 3.63) is 40.3 Å². The van der Waals surface area contributed by atoms with E-state index in [-0.39, 0.29) is 12.6 Å². The number of unbranched alkanes of at least 4 members (excludes halogenated alkanes) is 1. The first-order valence-corrected chi connectivity index (χ1v) is 6.19. The summed E-state index contributed by atoms with van der Waals surface area (Å²) in [6.45, 7) is 2.74. The molecule has 0 saturated heterocycles. The zero-order chi connectivity index (χ0) is 13.2. The summed E-state index contributed by atoms with van der Waals surface area (Å²) in [6, 6.07) is 7.43. The zero-order valence-corrected chi connectivity index (χ0v) is 10.6. The molecule has 1 unspecified atom stereocenters. The third-order valence-electron chi connectivity index (χ3n) is 2.65. The van der Waals surface area contributed by atoms with Crippen molar-refractivity contribution in [2.24, 2.45) is 5.11 Å².